The Morgan fingerprint density at radius 1 is 1.25 bits per heavy atom. The van der Waals surface area contributed by atoms with Gasteiger partial charge in [-0.25, -0.2) is 4.39 Å². The standard InChI is InChI=1S/C18H17FN2O3/c19-14-4-2-1-3-12(14)7-9-20-18(23)13-5-6-16-15(11-13)21-17(22)8-10-24-16/h1-6,11H,7-10H2,(H,20,23)(H,21,22). The molecule has 0 aliphatic carbocycles. The van der Waals surface area contributed by atoms with Gasteiger partial charge in [-0.15, -0.1) is 0 Å². The third kappa shape index (κ3) is 3.71. The molecule has 2 amide bonds. The summed E-state index contributed by atoms with van der Waals surface area (Å²) in [7, 11) is 0. The third-order valence-electron chi connectivity index (χ3n) is 3.74. The minimum Gasteiger partial charge on any atom is -0.491 e. The first-order valence-electron chi connectivity index (χ1n) is 7.72. The van der Waals surface area contributed by atoms with E-state index in [0.717, 1.165) is 0 Å². The SMILES string of the molecule is O=C1CCOc2ccc(C(=O)NCCc3ccccc3F)cc2N1. The molecule has 24 heavy (non-hydrogen) atoms. The molecule has 0 saturated carbocycles. The van der Waals surface area contributed by atoms with Crippen LogP contribution in [0.4, 0.5) is 10.1 Å². The van der Waals surface area contributed by atoms with E-state index in [1.165, 1.54) is 6.07 Å². The second-order valence-corrected chi connectivity index (χ2v) is 5.45. The van der Waals surface area contributed by atoms with Crippen molar-refractivity contribution in [2.24, 2.45) is 0 Å². The number of carbonyl (C=O) groups excluding carboxylic acids is 2. The zero-order valence-electron chi connectivity index (χ0n) is 13.0. The van der Waals surface area contributed by atoms with Gasteiger partial charge >= 0.3 is 0 Å². The molecule has 1 heterocycles. The molecule has 0 atom stereocenters. The van der Waals surface area contributed by atoms with Crippen LogP contribution >= 0.6 is 0 Å². The maximum Gasteiger partial charge on any atom is 0.251 e. The molecule has 2 aromatic carbocycles. The van der Waals surface area contributed by atoms with Crippen molar-refractivity contribution in [2.75, 3.05) is 18.5 Å². The first-order chi connectivity index (χ1) is 11.6. The van der Waals surface area contributed by atoms with Crippen LogP contribution in [0.1, 0.15) is 22.3 Å². The summed E-state index contributed by atoms with van der Waals surface area (Å²) in [6.07, 6.45) is 0.683. The lowest BCUT2D eigenvalue weighted by Gasteiger charge is -2.10. The van der Waals surface area contributed by atoms with Gasteiger partial charge in [0, 0.05) is 12.1 Å². The number of amides is 2. The number of fused-ring (bicyclic) bond motifs is 1. The maximum absolute atomic E-state index is 13.5. The van der Waals surface area contributed by atoms with E-state index in [-0.39, 0.29) is 24.1 Å². The van der Waals surface area contributed by atoms with Crippen molar-refractivity contribution in [3.8, 4) is 5.75 Å². The molecule has 0 radical (unpaired) electrons. The number of rotatable bonds is 4. The van der Waals surface area contributed by atoms with Crippen LogP contribution < -0.4 is 15.4 Å². The lowest BCUT2D eigenvalue weighted by atomic mass is 10.1. The van der Waals surface area contributed by atoms with E-state index in [1.54, 1.807) is 36.4 Å². The summed E-state index contributed by atoms with van der Waals surface area (Å²) in [4.78, 5) is 23.8. The molecule has 0 bridgehead atoms. The van der Waals surface area contributed by atoms with Crippen LogP contribution in [0, 0.1) is 5.82 Å². The zero-order chi connectivity index (χ0) is 16.9. The fourth-order valence-electron chi connectivity index (χ4n) is 2.48. The number of carbonyl (C=O) groups is 2. The van der Waals surface area contributed by atoms with Crippen LogP contribution in [-0.2, 0) is 11.2 Å². The van der Waals surface area contributed by atoms with E-state index in [1.807, 2.05) is 0 Å². The Morgan fingerprint density at radius 3 is 2.92 bits per heavy atom. The molecule has 1 aliphatic rings. The van der Waals surface area contributed by atoms with Crippen molar-refractivity contribution < 1.29 is 18.7 Å². The number of anilines is 1. The molecular formula is C18H17FN2O3. The second-order valence-electron chi connectivity index (χ2n) is 5.45. The number of ether oxygens (including phenoxy) is 1. The quantitative estimate of drug-likeness (QED) is 0.906. The maximum atomic E-state index is 13.5. The molecule has 5 nitrogen and oxygen atoms in total. The Morgan fingerprint density at radius 2 is 2.08 bits per heavy atom. The van der Waals surface area contributed by atoms with E-state index in [2.05, 4.69) is 10.6 Å². The van der Waals surface area contributed by atoms with E-state index < -0.39 is 0 Å². The predicted octanol–water partition coefficient (Wildman–Crippen LogP) is 2.52. The van der Waals surface area contributed by atoms with Gasteiger partial charge in [-0.1, -0.05) is 18.2 Å². The molecule has 0 unspecified atom stereocenters. The fourth-order valence-corrected chi connectivity index (χ4v) is 2.48. The van der Waals surface area contributed by atoms with E-state index in [9.17, 15) is 14.0 Å². The molecule has 1 aliphatic heterocycles. The van der Waals surface area contributed by atoms with E-state index >= 15 is 0 Å². The minimum atomic E-state index is -0.285. The highest BCUT2D eigenvalue weighted by molar-refractivity contribution is 5.98. The highest BCUT2D eigenvalue weighted by Crippen LogP contribution is 2.28. The summed E-state index contributed by atoms with van der Waals surface area (Å²) in [5, 5.41) is 5.46. The lowest BCUT2D eigenvalue weighted by Crippen LogP contribution is -2.26. The first-order valence-corrected chi connectivity index (χ1v) is 7.72. The minimum absolute atomic E-state index is 0.147. The zero-order valence-corrected chi connectivity index (χ0v) is 13.0. The Balaban J connectivity index is 1.63. The Labute approximate surface area is 138 Å². The van der Waals surface area contributed by atoms with Gasteiger partial charge in [0.1, 0.15) is 11.6 Å². The van der Waals surface area contributed by atoms with Crippen molar-refractivity contribution in [1.82, 2.24) is 5.32 Å². The van der Waals surface area contributed by atoms with Gasteiger partial charge < -0.3 is 15.4 Å². The van der Waals surface area contributed by atoms with Crippen molar-refractivity contribution >= 4 is 17.5 Å². The molecule has 124 valence electrons. The van der Waals surface area contributed by atoms with Gasteiger partial charge in [0.05, 0.1) is 18.7 Å². The molecule has 3 rings (SSSR count). The highest BCUT2D eigenvalue weighted by Gasteiger charge is 2.16. The van der Waals surface area contributed by atoms with Gasteiger partial charge in [-0.05, 0) is 36.2 Å². The summed E-state index contributed by atoms with van der Waals surface area (Å²) in [6.45, 7) is 0.632. The van der Waals surface area contributed by atoms with Gasteiger partial charge in [0.15, 0.2) is 0 Å². The number of halogens is 1. The largest absolute Gasteiger partial charge is 0.491 e. The summed E-state index contributed by atoms with van der Waals surface area (Å²) in [6, 6.07) is 11.3. The second kappa shape index (κ2) is 7.12. The van der Waals surface area contributed by atoms with Gasteiger partial charge in [-0.2, -0.15) is 0 Å². The van der Waals surface area contributed by atoms with Gasteiger partial charge in [0.2, 0.25) is 5.91 Å². The topological polar surface area (TPSA) is 67.4 Å². The Hall–Kier alpha value is -2.89. The molecule has 6 heteroatoms. The number of nitrogens with one attached hydrogen (secondary N) is 2. The molecule has 0 fully saturated rings. The average molecular weight is 328 g/mol. The molecule has 0 spiro atoms. The molecule has 2 aromatic rings. The van der Waals surface area contributed by atoms with Crippen molar-refractivity contribution in [1.29, 1.82) is 0 Å². The van der Waals surface area contributed by atoms with Crippen LogP contribution in [0.3, 0.4) is 0 Å². The lowest BCUT2D eigenvalue weighted by molar-refractivity contribution is -0.116. The Bertz CT molecular complexity index is 777. The first kappa shape index (κ1) is 16.0. The third-order valence-corrected chi connectivity index (χ3v) is 3.74. The van der Waals surface area contributed by atoms with Gasteiger partial charge in [-0.3, -0.25) is 9.59 Å². The molecule has 0 saturated heterocycles. The average Bonchev–Trinajstić information content (AvgIpc) is 2.76. The highest BCUT2D eigenvalue weighted by atomic mass is 19.1. The van der Waals surface area contributed by atoms with Crippen LogP contribution in [0.2, 0.25) is 0 Å². The molecule has 2 N–H and O–H groups in total. The fraction of sp³-hybridized carbons (Fsp3) is 0.222. The van der Waals surface area contributed by atoms with E-state index in [4.69, 9.17) is 4.74 Å². The van der Waals surface area contributed by atoms with Crippen molar-refractivity contribution in [2.45, 2.75) is 12.8 Å². The number of hydrogen-bond donors (Lipinski definition) is 2. The van der Waals surface area contributed by atoms with Crippen molar-refractivity contribution in [3.63, 3.8) is 0 Å². The number of benzene rings is 2. The van der Waals surface area contributed by atoms with Crippen LogP contribution in [0.25, 0.3) is 0 Å². The van der Waals surface area contributed by atoms with E-state index in [0.29, 0.717) is 42.1 Å². The summed E-state index contributed by atoms with van der Waals surface area (Å²) in [5.41, 5.74) is 1.45. The Kier molecular flexibility index (Phi) is 4.74. The van der Waals surface area contributed by atoms with Crippen LogP contribution in [-0.4, -0.2) is 25.0 Å². The summed E-state index contributed by atoms with van der Waals surface area (Å²) in [5.74, 6) is -0.168. The normalized spacial score (nSPS) is 13.3. The monoisotopic (exact) mass is 328 g/mol. The van der Waals surface area contributed by atoms with Crippen LogP contribution in [0.15, 0.2) is 42.5 Å². The summed E-state index contributed by atoms with van der Waals surface area (Å²) >= 11 is 0. The molecular weight excluding hydrogens is 311 g/mol. The summed E-state index contributed by atoms with van der Waals surface area (Å²) < 4.78 is 19.0. The predicted molar refractivity (Wildman–Crippen MR) is 87.6 cm³/mol. The molecule has 0 aromatic heterocycles. The van der Waals surface area contributed by atoms with Gasteiger partial charge in [0.25, 0.3) is 5.91 Å². The van der Waals surface area contributed by atoms with Crippen LogP contribution in [0.5, 0.6) is 5.75 Å². The smallest absolute Gasteiger partial charge is 0.251 e. The number of hydrogen-bond acceptors (Lipinski definition) is 3. The van der Waals surface area contributed by atoms with Crippen molar-refractivity contribution in [3.05, 3.63) is 59.4 Å².